The van der Waals surface area contributed by atoms with Crippen molar-refractivity contribution in [2.24, 2.45) is 11.8 Å². The summed E-state index contributed by atoms with van der Waals surface area (Å²) < 4.78 is 5.38. The number of carbonyl (C=O) groups is 2. The van der Waals surface area contributed by atoms with Crippen molar-refractivity contribution in [2.45, 2.75) is 26.7 Å². The highest BCUT2D eigenvalue weighted by molar-refractivity contribution is 5.80. The molecule has 0 saturated carbocycles. The molecule has 0 aromatic carbocycles. The van der Waals surface area contributed by atoms with Crippen LogP contribution in [0.4, 0.5) is 0 Å². The molecule has 5 heteroatoms. The number of likely N-dealkylation sites (tertiary alicyclic amines) is 1. The molecule has 0 spiro atoms. The first-order chi connectivity index (χ1) is 8.04. The van der Waals surface area contributed by atoms with Crippen molar-refractivity contribution in [3.05, 3.63) is 0 Å². The Morgan fingerprint density at radius 2 is 2.06 bits per heavy atom. The van der Waals surface area contributed by atoms with E-state index in [2.05, 4.69) is 6.92 Å². The fraction of sp³-hybridized carbons (Fsp3) is 0.833. The molecule has 1 N–H and O–H groups in total. The monoisotopic (exact) mass is 243 g/mol. The van der Waals surface area contributed by atoms with E-state index in [1.54, 1.807) is 4.90 Å². The van der Waals surface area contributed by atoms with E-state index in [4.69, 9.17) is 9.84 Å². The lowest BCUT2D eigenvalue weighted by atomic mass is 9.99. The Morgan fingerprint density at radius 3 is 2.65 bits per heavy atom. The molecule has 1 aliphatic heterocycles. The first-order valence-electron chi connectivity index (χ1n) is 6.11. The summed E-state index contributed by atoms with van der Waals surface area (Å²) in [6.45, 7) is 6.84. The number of aliphatic carboxylic acids is 1. The van der Waals surface area contributed by atoms with E-state index >= 15 is 0 Å². The van der Waals surface area contributed by atoms with Crippen LogP contribution >= 0.6 is 0 Å². The molecule has 1 saturated heterocycles. The van der Waals surface area contributed by atoms with Gasteiger partial charge in [-0.2, -0.15) is 0 Å². The zero-order chi connectivity index (χ0) is 12.8. The molecular formula is C12H21NO4. The third kappa shape index (κ3) is 4.34. The average Bonchev–Trinajstić information content (AvgIpc) is 2.65. The van der Waals surface area contributed by atoms with Gasteiger partial charge in [0.2, 0.25) is 5.91 Å². The number of hydrogen-bond acceptors (Lipinski definition) is 3. The van der Waals surface area contributed by atoms with Gasteiger partial charge in [-0.15, -0.1) is 0 Å². The normalized spacial score (nSPS) is 24.0. The van der Waals surface area contributed by atoms with Gasteiger partial charge in [0.1, 0.15) is 0 Å². The van der Waals surface area contributed by atoms with Gasteiger partial charge in [-0.3, -0.25) is 9.59 Å². The summed E-state index contributed by atoms with van der Waals surface area (Å²) in [6.07, 6.45) is 0.0171. The van der Waals surface area contributed by atoms with E-state index in [-0.39, 0.29) is 18.7 Å². The fourth-order valence-electron chi connectivity index (χ4n) is 2.10. The second kappa shape index (κ2) is 6.59. The Bertz CT molecular complexity index is 280. The van der Waals surface area contributed by atoms with Crippen LogP contribution < -0.4 is 0 Å². The molecule has 0 radical (unpaired) electrons. The summed E-state index contributed by atoms with van der Waals surface area (Å²) in [7, 11) is 0. The van der Waals surface area contributed by atoms with Gasteiger partial charge in [0, 0.05) is 32.0 Å². The Hall–Kier alpha value is -1.10. The van der Waals surface area contributed by atoms with Crippen molar-refractivity contribution in [1.82, 2.24) is 4.90 Å². The number of nitrogens with zero attached hydrogens (tertiary/aromatic N) is 1. The maximum Gasteiger partial charge on any atom is 0.303 e. The smallest absolute Gasteiger partial charge is 0.303 e. The minimum atomic E-state index is -0.920. The third-order valence-corrected chi connectivity index (χ3v) is 3.21. The number of carboxylic acid groups (broad SMARTS) is 1. The Morgan fingerprint density at radius 1 is 1.35 bits per heavy atom. The van der Waals surface area contributed by atoms with E-state index in [0.717, 1.165) is 6.54 Å². The van der Waals surface area contributed by atoms with Crippen LogP contribution in [0.2, 0.25) is 0 Å². The number of ether oxygens (including phenoxy) is 1. The van der Waals surface area contributed by atoms with Gasteiger partial charge < -0.3 is 14.7 Å². The molecule has 5 nitrogen and oxygen atoms in total. The second-order valence-electron chi connectivity index (χ2n) is 4.59. The van der Waals surface area contributed by atoms with Crippen LogP contribution in [0.1, 0.15) is 26.7 Å². The first kappa shape index (κ1) is 14.0. The van der Waals surface area contributed by atoms with Gasteiger partial charge in [-0.1, -0.05) is 6.92 Å². The highest BCUT2D eigenvalue weighted by Crippen LogP contribution is 2.23. The zero-order valence-electron chi connectivity index (χ0n) is 10.5. The number of carboxylic acids is 1. The van der Waals surface area contributed by atoms with Crippen LogP contribution in [0.25, 0.3) is 0 Å². The standard InChI is InChI=1S/C12H21NO4/c1-3-17-8-10-7-13(6-9(10)2)11(14)4-5-12(15)16/h9-10H,3-8H2,1-2H3,(H,15,16)/t9-,10+/m0/s1. The van der Waals surface area contributed by atoms with E-state index in [0.29, 0.717) is 31.6 Å². The molecule has 0 bridgehead atoms. The highest BCUT2D eigenvalue weighted by Gasteiger charge is 2.32. The van der Waals surface area contributed by atoms with Crippen LogP contribution in [-0.2, 0) is 14.3 Å². The quantitative estimate of drug-likeness (QED) is 0.755. The predicted molar refractivity (Wildman–Crippen MR) is 62.6 cm³/mol. The lowest BCUT2D eigenvalue weighted by Crippen LogP contribution is -2.29. The minimum absolute atomic E-state index is 0.0572. The second-order valence-corrected chi connectivity index (χ2v) is 4.59. The zero-order valence-corrected chi connectivity index (χ0v) is 10.5. The molecule has 17 heavy (non-hydrogen) atoms. The summed E-state index contributed by atoms with van der Waals surface area (Å²) in [5.41, 5.74) is 0. The topological polar surface area (TPSA) is 66.8 Å². The summed E-state index contributed by atoms with van der Waals surface area (Å²) in [6, 6.07) is 0. The van der Waals surface area contributed by atoms with Gasteiger partial charge in [0.15, 0.2) is 0 Å². The number of amides is 1. The Kier molecular flexibility index (Phi) is 5.41. The molecule has 0 unspecified atom stereocenters. The lowest BCUT2D eigenvalue weighted by molar-refractivity contribution is -0.140. The van der Waals surface area contributed by atoms with Crippen molar-refractivity contribution < 1.29 is 19.4 Å². The molecule has 0 aromatic rings. The highest BCUT2D eigenvalue weighted by atomic mass is 16.5. The SMILES string of the molecule is CCOC[C@H]1CN(C(=O)CCC(=O)O)C[C@@H]1C. The van der Waals surface area contributed by atoms with Crippen molar-refractivity contribution in [2.75, 3.05) is 26.3 Å². The van der Waals surface area contributed by atoms with Crippen LogP contribution in [0.15, 0.2) is 0 Å². The Labute approximate surface area is 102 Å². The first-order valence-corrected chi connectivity index (χ1v) is 6.11. The largest absolute Gasteiger partial charge is 0.481 e. The van der Waals surface area contributed by atoms with Gasteiger partial charge in [0.05, 0.1) is 13.0 Å². The molecule has 1 rings (SSSR count). The van der Waals surface area contributed by atoms with E-state index in [9.17, 15) is 9.59 Å². The average molecular weight is 243 g/mol. The fourth-order valence-corrected chi connectivity index (χ4v) is 2.10. The van der Waals surface area contributed by atoms with E-state index in [1.165, 1.54) is 0 Å². The lowest BCUT2D eigenvalue weighted by Gasteiger charge is -2.15. The van der Waals surface area contributed by atoms with Crippen molar-refractivity contribution in [3.63, 3.8) is 0 Å². The molecule has 98 valence electrons. The summed E-state index contributed by atoms with van der Waals surface area (Å²) in [5, 5.41) is 8.53. The van der Waals surface area contributed by atoms with Crippen LogP contribution in [0, 0.1) is 11.8 Å². The van der Waals surface area contributed by atoms with Crippen molar-refractivity contribution in [1.29, 1.82) is 0 Å². The van der Waals surface area contributed by atoms with Crippen molar-refractivity contribution >= 4 is 11.9 Å². The Balaban J connectivity index is 2.36. The third-order valence-electron chi connectivity index (χ3n) is 3.21. The molecule has 1 aliphatic rings. The molecule has 0 aromatic heterocycles. The number of carbonyl (C=O) groups excluding carboxylic acids is 1. The maximum absolute atomic E-state index is 11.7. The van der Waals surface area contributed by atoms with Crippen LogP contribution in [0.3, 0.4) is 0 Å². The van der Waals surface area contributed by atoms with Crippen LogP contribution in [0.5, 0.6) is 0 Å². The molecule has 1 amide bonds. The summed E-state index contributed by atoms with van der Waals surface area (Å²) in [5.74, 6) is -0.172. The molecule has 0 aliphatic carbocycles. The van der Waals surface area contributed by atoms with Crippen LogP contribution in [-0.4, -0.2) is 48.2 Å². The predicted octanol–water partition coefficient (Wildman–Crippen LogP) is 0.982. The summed E-state index contributed by atoms with van der Waals surface area (Å²) >= 11 is 0. The minimum Gasteiger partial charge on any atom is -0.481 e. The van der Waals surface area contributed by atoms with Gasteiger partial charge >= 0.3 is 5.97 Å². The van der Waals surface area contributed by atoms with Gasteiger partial charge in [-0.05, 0) is 12.8 Å². The summed E-state index contributed by atoms with van der Waals surface area (Å²) in [4.78, 5) is 23.9. The van der Waals surface area contributed by atoms with E-state index in [1.807, 2.05) is 6.92 Å². The maximum atomic E-state index is 11.7. The number of hydrogen-bond donors (Lipinski definition) is 1. The molecule has 1 heterocycles. The van der Waals surface area contributed by atoms with Gasteiger partial charge in [0.25, 0.3) is 0 Å². The van der Waals surface area contributed by atoms with E-state index < -0.39 is 5.97 Å². The van der Waals surface area contributed by atoms with Gasteiger partial charge in [-0.25, -0.2) is 0 Å². The molecule has 1 fully saturated rings. The molecule has 2 atom stereocenters. The number of rotatable bonds is 6. The molecular weight excluding hydrogens is 222 g/mol. The van der Waals surface area contributed by atoms with Crippen molar-refractivity contribution in [3.8, 4) is 0 Å².